The van der Waals surface area contributed by atoms with E-state index in [1.165, 1.54) is 11.0 Å². The van der Waals surface area contributed by atoms with Gasteiger partial charge in [-0.1, -0.05) is 18.7 Å². The molecule has 2 aliphatic heterocycles. The number of likely N-dealkylation sites (N-methyl/N-ethyl adjacent to an activating group) is 1. The lowest BCUT2D eigenvalue weighted by atomic mass is 10.1. The number of nitriles is 1. The molecule has 1 amide bonds. The molecule has 0 spiro atoms. The van der Waals surface area contributed by atoms with E-state index in [1.54, 1.807) is 11.3 Å². The summed E-state index contributed by atoms with van der Waals surface area (Å²) in [6, 6.07) is 10.8. The molecular formula is C30H29F2N7O2S. The maximum absolute atomic E-state index is 15.8. The summed E-state index contributed by atoms with van der Waals surface area (Å²) in [7, 11) is 2.05. The number of piperazine rings is 1. The minimum Gasteiger partial charge on any atom is -0.462 e. The Hall–Kier alpha value is -4.21. The quantitative estimate of drug-likeness (QED) is 0.280. The third-order valence-corrected chi connectivity index (χ3v) is 8.91. The van der Waals surface area contributed by atoms with Crippen molar-refractivity contribution in [2.24, 2.45) is 0 Å². The molecular weight excluding hydrogens is 560 g/mol. The fourth-order valence-electron chi connectivity index (χ4n) is 5.80. The van der Waals surface area contributed by atoms with Crippen LogP contribution in [0.15, 0.2) is 48.1 Å². The summed E-state index contributed by atoms with van der Waals surface area (Å²) in [6.45, 7) is 5.10. The van der Waals surface area contributed by atoms with Crippen molar-refractivity contribution >= 4 is 44.2 Å². The highest BCUT2D eigenvalue weighted by atomic mass is 32.1. The molecule has 0 saturated carbocycles. The number of rotatable bonds is 7. The maximum atomic E-state index is 15.8. The number of benzene rings is 1. The van der Waals surface area contributed by atoms with Gasteiger partial charge in [0, 0.05) is 41.3 Å². The summed E-state index contributed by atoms with van der Waals surface area (Å²) in [6.07, 6.45) is 2.07. The number of halogens is 2. The van der Waals surface area contributed by atoms with Crippen molar-refractivity contribution in [3.8, 4) is 23.3 Å². The Bertz CT molecular complexity index is 1720. The number of aromatic nitrogens is 3. The first-order valence-corrected chi connectivity index (χ1v) is 14.7. The molecule has 3 aromatic heterocycles. The van der Waals surface area contributed by atoms with Crippen LogP contribution in [0.25, 0.3) is 32.4 Å². The number of carbonyl (C=O) groups is 1. The molecule has 0 radical (unpaired) electrons. The number of thiophene rings is 1. The van der Waals surface area contributed by atoms with Crippen molar-refractivity contribution in [1.82, 2.24) is 24.8 Å². The molecule has 0 aliphatic carbocycles. The van der Waals surface area contributed by atoms with Crippen molar-refractivity contribution in [2.75, 3.05) is 44.7 Å². The lowest BCUT2D eigenvalue weighted by Crippen LogP contribution is -2.55. The van der Waals surface area contributed by atoms with E-state index in [-0.39, 0.29) is 49.4 Å². The Kier molecular flexibility index (Phi) is 7.70. The first kappa shape index (κ1) is 27.9. The van der Waals surface area contributed by atoms with Gasteiger partial charge in [-0.15, -0.1) is 11.3 Å². The third-order valence-electron chi connectivity index (χ3n) is 8.03. The van der Waals surface area contributed by atoms with Crippen LogP contribution in [0.3, 0.4) is 0 Å². The topological polar surface area (TPSA) is 98.5 Å². The van der Waals surface area contributed by atoms with E-state index >= 15 is 4.39 Å². The van der Waals surface area contributed by atoms with E-state index in [1.807, 2.05) is 34.5 Å². The summed E-state index contributed by atoms with van der Waals surface area (Å²) in [5.41, 5.74) is 1.11. The first-order valence-electron chi connectivity index (χ1n) is 13.8. The number of fused-ring (bicyclic) bond motifs is 2. The molecule has 9 nitrogen and oxygen atoms in total. The standard InChI is InChI=1S/C30H29F2N7O2S/c1-18(31)29(40)39-13-12-38(16-19(39)8-10-33)28-23-15-24(32)26(22-6-3-7-25-21(22)9-14-42-25)34-27(23)35-30(36-28)41-17-20-5-4-11-37(20)2/h3,6-7,9,14-15,19-20H,1,4-5,8,11-13,16-17H2,2H3/t19-,20-/m0/s1. The summed E-state index contributed by atoms with van der Waals surface area (Å²) >= 11 is 1.57. The third kappa shape index (κ3) is 5.26. The van der Waals surface area contributed by atoms with E-state index < -0.39 is 23.6 Å². The molecule has 0 bridgehead atoms. The van der Waals surface area contributed by atoms with E-state index in [0.717, 1.165) is 29.5 Å². The van der Waals surface area contributed by atoms with Crippen LogP contribution >= 0.6 is 11.3 Å². The molecule has 4 aromatic rings. The van der Waals surface area contributed by atoms with Gasteiger partial charge in [-0.3, -0.25) is 4.79 Å². The average molecular weight is 590 g/mol. The predicted molar refractivity (Wildman–Crippen MR) is 157 cm³/mol. The van der Waals surface area contributed by atoms with Crippen molar-refractivity contribution in [3.05, 3.63) is 53.9 Å². The van der Waals surface area contributed by atoms with Crippen molar-refractivity contribution in [1.29, 1.82) is 5.26 Å². The van der Waals surface area contributed by atoms with Gasteiger partial charge in [-0.2, -0.15) is 15.2 Å². The second kappa shape index (κ2) is 11.6. The van der Waals surface area contributed by atoms with Crippen LogP contribution in [0, 0.1) is 17.1 Å². The number of pyridine rings is 1. The van der Waals surface area contributed by atoms with E-state index in [0.29, 0.717) is 23.4 Å². The van der Waals surface area contributed by atoms with E-state index in [4.69, 9.17) is 9.72 Å². The van der Waals surface area contributed by atoms with Crippen LogP contribution < -0.4 is 9.64 Å². The van der Waals surface area contributed by atoms with Crippen LogP contribution in [-0.4, -0.2) is 82.6 Å². The second-order valence-corrected chi connectivity index (χ2v) is 11.6. The SMILES string of the molecule is C=C(F)C(=O)N1CCN(c2nc(OC[C@@H]3CCCN3C)nc3nc(-c4cccc5sccc45)c(F)cc23)C[C@@H]1CC#N. The van der Waals surface area contributed by atoms with Crippen molar-refractivity contribution in [3.63, 3.8) is 0 Å². The summed E-state index contributed by atoms with van der Waals surface area (Å²) in [4.78, 5) is 31.8. The largest absolute Gasteiger partial charge is 0.462 e. The number of hydrogen-bond acceptors (Lipinski definition) is 9. The van der Waals surface area contributed by atoms with Gasteiger partial charge in [0.15, 0.2) is 11.5 Å². The Morgan fingerprint density at radius 3 is 2.81 bits per heavy atom. The molecule has 216 valence electrons. The number of ether oxygens (including phenoxy) is 1. The Morgan fingerprint density at radius 1 is 1.19 bits per heavy atom. The Balaban J connectivity index is 1.42. The number of nitrogens with zero attached hydrogens (tertiary/aromatic N) is 7. The predicted octanol–water partition coefficient (Wildman–Crippen LogP) is 4.93. The zero-order chi connectivity index (χ0) is 29.4. The minimum absolute atomic E-state index is 0.0166. The van der Waals surface area contributed by atoms with Crippen LogP contribution in [0.1, 0.15) is 19.3 Å². The van der Waals surface area contributed by atoms with E-state index in [9.17, 15) is 14.4 Å². The van der Waals surface area contributed by atoms with Crippen LogP contribution in [0.5, 0.6) is 6.01 Å². The highest BCUT2D eigenvalue weighted by Gasteiger charge is 2.33. The summed E-state index contributed by atoms with van der Waals surface area (Å²) in [5, 5.41) is 12.7. The van der Waals surface area contributed by atoms with Gasteiger partial charge < -0.3 is 19.4 Å². The number of hydrogen-bond donors (Lipinski definition) is 0. The summed E-state index contributed by atoms with van der Waals surface area (Å²) in [5.74, 6) is -2.06. The van der Waals surface area contributed by atoms with Crippen LogP contribution in [0.2, 0.25) is 0 Å². The molecule has 1 aromatic carbocycles. The number of amides is 1. The van der Waals surface area contributed by atoms with Gasteiger partial charge in [0.25, 0.3) is 5.91 Å². The fraction of sp³-hybridized carbons (Fsp3) is 0.367. The minimum atomic E-state index is -1.08. The van der Waals surface area contributed by atoms with Crippen molar-refractivity contribution in [2.45, 2.75) is 31.3 Å². The highest BCUT2D eigenvalue weighted by Crippen LogP contribution is 2.36. The zero-order valence-corrected chi connectivity index (χ0v) is 23.9. The van der Waals surface area contributed by atoms with Crippen LogP contribution in [-0.2, 0) is 4.79 Å². The monoisotopic (exact) mass is 589 g/mol. The number of carbonyl (C=O) groups excluding carboxylic acids is 1. The number of anilines is 1. The van der Waals surface area contributed by atoms with Gasteiger partial charge >= 0.3 is 6.01 Å². The fourth-order valence-corrected chi connectivity index (χ4v) is 6.61. The molecule has 6 rings (SSSR count). The molecule has 42 heavy (non-hydrogen) atoms. The van der Waals surface area contributed by atoms with E-state index in [2.05, 4.69) is 34.6 Å². The lowest BCUT2D eigenvalue weighted by Gasteiger charge is -2.41. The molecule has 12 heteroatoms. The van der Waals surface area contributed by atoms with Gasteiger partial charge in [0.2, 0.25) is 0 Å². The van der Waals surface area contributed by atoms with Crippen LogP contribution in [0.4, 0.5) is 14.6 Å². The van der Waals surface area contributed by atoms with Gasteiger partial charge in [-0.25, -0.2) is 13.8 Å². The highest BCUT2D eigenvalue weighted by molar-refractivity contribution is 7.17. The molecule has 0 unspecified atom stereocenters. The summed E-state index contributed by atoms with van der Waals surface area (Å²) < 4.78 is 36.7. The average Bonchev–Trinajstić information content (AvgIpc) is 3.64. The van der Waals surface area contributed by atoms with Gasteiger partial charge in [-0.05, 0) is 50.0 Å². The molecule has 5 heterocycles. The Labute approximate surface area is 245 Å². The molecule has 2 saturated heterocycles. The number of likely N-dealkylation sites (tertiary alicyclic amines) is 1. The molecule has 2 atom stereocenters. The van der Waals surface area contributed by atoms with Gasteiger partial charge in [0.1, 0.15) is 23.9 Å². The smallest absolute Gasteiger partial charge is 0.320 e. The molecule has 2 fully saturated rings. The second-order valence-electron chi connectivity index (χ2n) is 10.6. The molecule has 0 N–H and O–H groups in total. The Morgan fingerprint density at radius 2 is 2.05 bits per heavy atom. The first-order chi connectivity index (χ1) is 20.3. The van der Waals surface area contributed by atoms with Gasteiger partial charge in [0.05, 0.1) is 23.9 Å². The molecule has 2 aliphatic rings. The van der Waals surface area contributed by atoms with Crippen molar-refractivity contribution < 1.29 is 18.3 Å². The maximum Gasteiger partial charge on any atom is 0.320 e. The normalized spacial score (nSPS) is 19.4. The zero-order valence-electron chi connectivity index (χ0n) is 23.1. The lowest BCUT2D eigenvalue weighted by molar-refractivity contribution is -0.131.